The smallest absolute Gasteiger partial charge is 0.306 e. The first kappa shape index (κ1) is 59.1. The van der Waals surface area contributed by atoms with Crippen LogP contribution in [0, 0.1) is 0 Å². The van der Waals surface area contributed by atoms with Gasteiger partial charge in [-0.2, -0.15) is 0 Å². The predicted molar refractivity (Wildman–Crippen MR) is 252 cm³/mol. The predicted octanol–water partition coefficient (Wildman–Crippen LogP) is 6.26. The van der Waals surface area contributed by atoms with E-state index in [9.17, 15) is 45.3 Å². The van der Waals surface area contributed by atoms with E-state index in [1.807, 2.05) is 0 Å². The molecule has 0 aromatic heterocycles. The van der Waals surface area contributed by atoms with Gasteiger partial charge in [-0.15, -0.1) is 0 Å². The van der Waals surface area contributed by atoms with Gasteiger partial charge in [0.1, 0.15) is 55.4 Å². The number of aliphatic hydroxyl groups excluding tert-OH is 7. The number of rotatable bonds is 36. The molecule has 2 aliphatic rings. The van der Waals surface area contributed by atoms with E-state index >= 15 is 0 Å². The Morgan fingerprint density at radius 1 is 0.485 bits per heavy atom. The highest BCUT2D eigenvalue weighted by Crippen LogP contribution is 2.26. The summed E-state index contributed by atoms with van der Waals surface area (Å²) in [5, 5.41) is 72.0. The maximum Gasteiger partial charge on any atom is 0.306 e. The van der Waals surface area contributed by atoms with Crippen molar-refractivity contribution < 1.29 is 73.8 Å². The van der Waals surface area contributed by atoms with E-state index < -0.39 is 99.3 Å². The molecule has 0 aromatic rings. The van der Waals surface area contributed by atoms with Crippen molar-refractivity contribution in [2.24, 2.45) is 0 Å². The zero-order chi connectivity index (χ0) is 48.2. The fraction of sp³-hybridized carbons (Fsp3) is 0.725. The zero-order valence-corrected chi connectivity index (χ0v) is 39.6. The summed E-state index contributed by atoms with van der Waals surface area (Å²) in [6, 6.07) is 0. The van der Waals surface area contributed by atoms with Gasteiger partial charge in [0, 0.05) is 12.8 Å². The van der Waals surface area contributed by atoms with E-state index in [1.165, 1.54) is 38.5 Å². The molecule has 66 heavy (non-hydrogen) atoms. The number of hydrogen-bond acceptors (Lipinski definition) is 15. The lowest BCUT2D eigenvalue weighted by Gasteiger charge is -2.42. The van der Waals surface area contributed by atoms with Crippen LogP contribution < -0.4 is 0 Å². The number of esters is 2. The number of unbranched alkanes of at least 4 members (excludes halogenated alkanes) is 10. The molecule has 2 aliphatic heterocycles. The molecule has 4 unspecified atom stereocenters. The Labute approximate surface area is 393 Å². The Hall–Kier alpha value is -3.06. The van der Waals surface area contributed by atoms with Crippen molar-refractivity contribution in [1.82, 2.24) is 0 Å². The topological polar surface area (TPSA) is 231 Å². The van der Waals surface area contributed by atoms with E-state index in [2.05, 4.69) is 86.8 Å². The van der Waals surface area contributed by atoms with Crippen LogP contribution in [0.5, 0.6) is 0 Å². The molecule has 7 N–H and O–H groups in total. The molecule has 2 rings (SSSR count). The fourth-order valence-corrected chi connectivity index (χ4v) is 7.05. The third kappa shape index (κ3) is 25.9. The normalized spacial score (nSPS) is 26.8. The number of hydrogen-bond donors (Lipinski definition) is 7. The number of allylic oxidation sites excluding steroid dienone is 12. The van der Waals surface area contributed by atoms with Gasteiger partial charge >= 0.3 is 11.9 Å². The highest BCUT2D eigenvalue weighted by atomic mass is 16.7. The second-order valence-electron chi connectivity index (χ2n) is 16.9. The van der Waals surface area contributed by atoms with Crippen molar-refractivity contribution in [1.29, 1.82) is 0 Å². The molecular weight excluding hydrogens is 853 g/mol. The zero-order valence-electron chi connectivity index (χ0n) is 39.6. The Kier molecular flexibility index (Phi) is 33.9. The number of aliphatic hydroxyl groups is 7. The van der Waals surface area contributed by atoms with Crippen LogP contribution in [0.2, 0.25) is 0 Å². The van der Waals surface area contributed by atoms with Crippen LogP contribution in [0.1, 0.15) is 142 Å². The molecule has 2 fully saturated rings. The number of carbonyl (C=O) groups is 2. The van der Waals surface area contributed by atoms with Crippen LogP contribution in [0.4, 0.5) is 0 Å². The minimum absolute atomic E-state index is 0.104. The van der Waals surface area contributed by atoms with Crippen LogP contribution in [0.15, 0.2) is 72.9 Å². The summed E-state index contributed by atoms with van der Waals surface area (Å²) < 4.78 is 33.4. The molecule has 15 nitrogen and oxygen atoms in total. The van der Waals surface area contributed by atoms with Crippen molar-refractivity contribution >= 4 is 11.9 Å². The molecule has 0 saturated carbocycles. The van der Waals surface area contributed by atoms with E-state index in [0.29, 0.717) is 12.8 Å². The van der Waals surface area contributed by atoms with Crippen molar-refractivity contribution in [2.75, 3.05) is 26.4 Å². The third-order valence-electron chi connectivity index (χ3n) is 11.2. The minimum atomic E-state index is -1.78. The lowest BCUT2D eigenvalue weighted by atomic mass is 9.98. The molecule has 378 valence electrons. The second kappa shape index (κ2) is 37.9. The molecule has 2 saturated heterocycles. The molecule has 0 spiro atoms. The fourth-order valence-electron chi connectivity index (χ4n) is 7.05. The highest BCUT2D eigenvalue weighted by Gasteiger charge is 2.47. The second-order valence-corrected chi connectivity index (χ2v) is 16.9. The van der Waals surface area contributed by atoms with Crippen molar-refractivity contribution in [3.8, 4) is 0 Å². The van der Waals surface area contributed by atoms with Crippen molar-refractivity contribution in [3.05, 3.63) is 72.9 Å². The first-order valence-corrected chi connectivity index (χ1v) is 24.5. The van der Waals surface area contributed by atoms with Crippen LogP contribution in [0.25, 0.3) is 0 Å². The quantitative estimate of drug-likeness (QED) is 0.0209. The summed E-state index contributed by atoms with van der Waals surface area (Å²) in [5.41, 5.74) is 0. The Bertz CT molecular complexity index is 1430. The van der Waals surface area contributed by atoms with E-state index in [-0.39, 0.29) is 19.4 Å². The largest absolute Gasteiger partial charge is 0.462 e. The molecule has 0 bridgehead atoms. The van der Waals surface area contributed by atoms with Crippen LogP contribution in [-0.4, -0.2) is 142 Å². The molecule has 0 aromatic carbocycles. The highest BCUT2D eigenvalue weighted by molar-refractivity contribution is 5.70. The summed E-state index contributed by atoms with van der Waals surface area (Å²) in [6.45, 7) is 2.42. The van der Waals surface area contributed by atoms with Crippen molar-refractivity contribution in [2.45, 2.75) is 210 Å². The number of ether oxygens (including phenoxy) is 6. The van der Waals surface area contributed by atoms with E-state index in [0.717, 1.165) is 64.2 Å². The minimum Gasteiger partial charge on any atom is -0.462 e. The average molecular weight is 937 g/mol. The molecule has 0 aliphatic carbocycles. The van der Waals surface area contributed by atoms with Gasteiger partial charge in [-0.3, -0.25) is 9.59 Å². The van der Waals surface area contributed by atoms with Gasteiger partial charge in [0.25, 0.3) is 0 Å². The van der Waals surface area contributed by atoms with Crippen LogP contribution in [0.3, 0.4) is 0 Å². The summed E-state index contributed by atoms with van der Waals surface area (Å²) in [5.74, 6) is -1.02. The first-order chi connectivity index (χ1) is 32.0. The Morgan fingerprint density at radius 2 is 0.894 bits per heavy atom. The standard InChI is InChI=1S/C51H84O15/c1-3-5-7-9-11-13-15-17-19-21-23-25-27-29-31-33-42(53)61-36-39(64-43(54)34-32-30-28-26-24-22-20-18-16-14-12-10-8-6-4-2)37-62-50-49(60)47(58)45(56)41(66-50)38-63-51-48(59)46(57)44(55)40(35-52)65-51/h11-14,17-20,23-26,39-41,44-52,55-60H,3-10,15-16,21-22,27-38H2,1-2H3/b13-11+,14-12+,19-17+,20-18+,25-23+,26-24+/t39-,40-,41-,44+,45+,46?,47?,48?,49?,50-,51-/m1/s1. The maximum atomic E-state index is 13.0. The van der Waals surface area contributed by atoms with Crippen LogP contribution >= 0.6 is 0 Å². The van der Waals surface area contributed by atoms with Gasteiger partial charge in [-0.1, -0.05) is 112 Å². The summed E-state index contributed by atoms with van der Waals surface area (Å²) in [7, 11) is 0. The summed E-state index contributed by atoms with van der Waals surface area (Å²) in [4.78, 5) is 25.7. The van der Waals surface area contributed by atoms with E-state index in [4.69, 9.17) is 28.4 Å². The van der Waals surface area contributed by atoms with Gasteiger partial charge in [0.05, 0.1) is 19.8 Å². The summed E-state index contributed by atoms with van der Waals surface area (Å²) in [6.07, 6.45) is 26.5. The Balaban J connectivity index is 1.87. The van der Waals surface area contributed by atoms with E-state index in [1.54, 1.807) is 0 Å². The van der Waals surface area contributed by atoms with Gasteiger partial charge in [-0.05, 0) is 89.9 Å². The Morgan fingerprint density at radius 3 is 1.36 bits per heavy atom. The van der Waals surface area contributed by atoms with Gasteiger partial charge in [0.2, 0.25) is 0 Å². The summed E-state index contributed by atoms with van der Waals surface area (Å²) >= 11 is 0. The van der Waals surface area contributed by atoms with Crippen LogP contribution in [-0.2, 0) is 38.0 Å². The average Bonchev–Trinajstić information content (AvgIpc) is 3.31. The van der Waals surface area contributed by atoms with Crippen molar-refractivity contribution in [3.63, 3.8) is 0 Å². The van der Waals surface area contributed by atoms with Gasteiger partial charge < -0.3 is 64.2 Å². The molecular formula is C51H84O15. The maximum absolute atomic E-state index is 13.0. The third-order valence-corrected chi connectivity index (χ3v) is 11.2. The SMILES string of the molecule is CCCCC/C=C/C/C=C/C/C=C/CCCCC(=O)OC[C@H](CO[C@@H]1O[C@H](CO[C@@H]2O[C@H](CO)[C@H](O)C(O)C2O)[C@H](O)C(O)C1O)OC(=O)CCCC/C=C/C/C=C/C/C=C/CCCCC. The number of carbonyl (C=O) groups excluding carboxylic acids is 2. The molecule has 15 heteroatoms. The lowest BCUT2D eigenvalue weighted by molar-refractivity contribution is -0.332. The molecule has 0 amide bonds. The van der Waals surface area contributed by atoms with Gasteiger partial charge in [0.15, 0.2) is 18.7 Å². The molecule has 11 atom stereocenters. The molecule has 2 heterocycles. The lowest BCUT2D eigenvalue weighted by Crippen LogP contribution is -2.61. The molecule has 0 radical (unpaired) electrons. The first-order valence-electron chi connectivity index (χ1n) is 24.5. The monoisotopic (exact) mass is 937 g/mol. The van der Waals surface area contributed by atoms with Gasteiger partial charge in [-0.25, -0.2) is 0 Å².